The summed E-state index contributed by atoms with van der Waals surface area (Å²) in [5.74, 6) is 1.45. The van der Waals surface area contributed by atoms with Gasteiger partial charge in [-0.3, -0.25) is 9.48 Å². The first-order valence-corrected chi connectivity index (χ1v) is 6.85. The molecule has 0 radical (unpaired) electrons. The summed E-state index contributed by atoms with van der Waals surface area (Å²) < 4.78 is 8.05. The van der Waals surface area contributed by atoms with Gasteiger partial charge in [0.15, 0.2) is 0 Å². The second-order valence-electron chi connectivity index (χ2n) is 4.51. The van der Waals surface area contributed by atoms with Gasteiger partial charge in [0.05, 0.1) is 29.7 Å². The van der Waals surface area contributed by atoms with Gasteiger partial charge in [-0.1, -0.05) is 6.92 Å². The van der Waals surface area contributed by atoms with Gasteiger partial charge in [0.2, 0.25) is 5.91 Å². The highest BCUT2D eigenvalue weighted by Gasteiger charge is 2.14. The monoisotopic (exact) mass is 325 g/mol. The van der Waals surface area contributed by atoms with Crippen molar-refractivity contribution >= 4 is 21.8 Å². The molecule has 0 bridgehead atoms. The van der Waals surface area contributed by atoms with Crippen LogP contribution in [0.1, 0.15) is 18.4 Å². The molecular formula is C13H16BrN3O2. The first kappa shape index (κ1) is 13.9. The Labute approximate surface area is 120 Å². The molecule has 0 aliphatic heterocycles. The molecule has 2 rings (SSSR count). The van der Waals surface area contributed by atoms with Crippen molar-refractivity contribution < 1.29 is 9.21 Å². The van der Waals surface area contributed by atoms with Crippen molar-refractivity contribution in [2.24, 2.45) is 5.92 Å². The van der Waals surface area contributed by atoms with Crippen molar-refractivity contribution in [3.8, 4) is 0 Å². The maximum atomic E-state index is 11.9. The molecule has 0 saturated heterocycles. The van der Waals surface area contributed by atoms with Gasteiger partial charge >= 0.3 is 0 Å². The fourth-order valence-electron chi connectivity index (χ4n) is 1.73. The topological polar surface area (TPSA) is 60.1 Å². The van der Waals surface area contributed by atoms with Crippen molar-refractivity contribution in [1.82, 2.24) is 15.1 Å². The molecular weight excluding hydrogens is 310 g/mol. The molecule has 0 fully saturated rings. The van der Waals surface area contributed by atoms with Crippen LogP contribution in [-0.2, 0) is 17.9 Å². The molecule has 0 aliphatic rings. The lowest BCUT2D eigenvalue weighted by Crippen LogP contribution is -2.31. The van der Waals surface area contributed by atoms with Crippen molar-refractivity contribution in [1.29, 1.82) is 0 Å². The predicted octanol–water partition coefficient (Wildman–Crippen LogP) is 2.50. The molecule has 2 aromatic heterocycles. The van der Waals surface area contributed by atoms with Crippen LogP contribution in [0, 0.1) is 12.8 Å². The van der Waals surface area contributed by atoms with E-state index in [0.29, 0.717) is 13.1 Å². The molecule has 0 spiro atoms. The van der Waals surface area contributed by atoms with E-state index in [9.17, 15) is 4.79 Å². The van der Waals surface area contributed by atoms with Crippen LogP contribution in [0.2, 0.25) is 0 Å². The van der Waals surface area contributed by atoms with Crippen molar-refractivity contribution in [3.05, 3.63) is 40.5 Å². The lowest BCUT2D eigenvalue weighted by Gasteiger charge is -2.11. The Morgan fingerprint density at radius 3 is 2.95 bits per heavy atom. The first-order chi connectivity index (χ1) is 9.04. The van der Waals surface area contributed by atoms with Crippen LogP contribution < -0.4 is 5.32 Å². The van der Waals surface area contributed by atoms with Crippen LogP contribution in [0.3, 0.4) is 0 Å². The molecule has 6 heteroatoms. The number of nitrogens with one attached hydrogen (secondary N) is 1. The van der Waals surface area contributed by atoms with Crippen LogP contribution >= 0.6 is 15.9 Å². The van der Waals surface area contributed by atoms with E-state index in [4.69, 9.17) is 4.42 Å². The van der Waals surface area contributed by atoms with Gasteiger partial charge in [0, 0.05) is 6.20 Å². The fourth-order valence-corrected chi connectivity index (χ4v) is 2.06. The number of amides is 1. The van der Waals surface area contributed by atoms with Crippen molar-refractivity contribution in [3.63, 3.8) is 0 Å². The van der Waals surface area contributed by atoms with E-state index >= 15 is 0 Å². The third-order valence-corrected chi connectivity index (χ3v) is 3.15. The van der Waals surface area contributed by atoms with Gasteiger partial charge < -0.3 is 9.73 Å². The summed E-state index contributed by atoms with van der Waals surface area (Å²) in [6, 6.07) is 3.75. The van der Waals surface area contributed by atoms with Crippen molar-refractivity contribution in [2.75, 3.05) is 0 Å². The van der Waals surface area contributed by atoms with E-state index in [1.165, 1.54) is 0 Å². The molecule has 1 N–H and O–H groups in total. The number of furan rings is 1. The molecule has 19 heavy (non-hydrogen) atoms. The number of rotatable bonds is 5. The Morgan fingerprint density at radius 1 is 1.58 bits per heavy atom. The Balaban J connectivity index is 1.82. The van der Waals surface area contributed by atoms with Gasteiger partial charge in [-0.2, -0.15) is 5.10 Å². The van der Waals surface area contributed by atoms with E-state index in [-0.39, 0.29) is 11.8 Å². The summed E-state index contributed by atoms with van der Waals surface area (Å²) >= 11 is 3.33. The first-order valence-electron chi connectivity index (χ1n) is 6.05. The molecule has 102 valence electrons. The third-order valence-electron chi connectivity index (χ3n) is 2.74. The number of nitrogens with zero attached hydrogens (tertiary/aromatic N) is 2. The summed E-state index contributed by atoms with van der Waals surface area (Å²) in [5, 5.41) is 6.98. The van der Waals surface area contributed by atoms with Crippen LogP contribution in [0.5, 0.6) is 0 Å². The molecule has 5 nitrogen and oxygen atoms in total. The minimum absolute atomic E-state index is 0.0133. The number of hydrogen-bond donors (Lipinski definition) is 1. The van der Waals surface area contributed by atoms with Gasteiger partial charge in [-0.05, 0) is 35.0 Å². The highest BCUT2D eigenvalue weighted by Crippen LogP contribution is 2.09. The quantitative estimate of drug-likeness (QED) is 0.918. The highest BCUT2D eigenvalue weighted by molar-refractivity contribution is 9.10. The molecule has 0 aliphatic carbocycles. The lowest BCUT2D eigenvalue weighted by atomic mass is 10.1. The van der Waals surface area contributed by atoms with E-state index in [0.717, 1.165) is 16.0 Å². The minimum atomic E-state index is -0.150. The van der Waals surface area contributed by atoms with Gasteiger partial charge in [-0.25, -0.2) is 0 Å². The molecule has 0 saturated carbocycles. The third kappa shape index (κ3) is 3.96. The van der Waals surface area contributed by atoms with E-state index in [1.54, 1.807) is 10.9 Å². The van der Waals surface area contributed by atoms with Gasteiger partial charge in [0.1, 0.15) is 11.5 Å². The van der Waals surface area contributed by atoms with Gasteiger partial charge in [-0.15, -0.1) is 0 Å². The normalized spacial score (nSPS) is 12.4. The van der Waals surface area contributed by atoms with Crippen LogP contribution in [0.4, 0.5) is 0 Å². The zero-order valence-corrected chi connectivity index (χ0v) is 12.5. The Bertz CT molecular complexity index is 562. The molecule has 1 amide bonds. The smallest absolute Gasteiger partial charge is 0.225 e. The SMILES string of the molecule is Cc1ccc(CNC(=O)[C@H](C)Cn2cc(Br)cn2)o1. The Kier molecular flexibility index (Phi) is 4.42. The number of hydrogen-bond acceptors (Lipinski definition) is 3. The predicted molar refractivity (Wildman–Crippen MR) is 74.4 cm³/mol. The molecule has 1 atom stereocenters. The average Bonchev–Trinajstić information content (AvgIpc) is 2.95. The summed E-state index contributed by atoms with van der Waals surface area (Å²) in [6.07, 6.45) is 3.55. The summed E-state index contributed by atoms with van der Waals surface area (Å²) in [7, 11) is 0. The zero-order chi connectivity index (χ0) is 13.8. The number of halogens is 1. The number of carbonyl (C=O) groups excluding carboxylic acids is 1. The Morgan fingerprint density at radius 2 is 2.37 bits per heavy atom. The maximum absolute atomic E-state index is 11.9. The summed E-state index contributed by atoms with van der Waals surface area (Å²) in [4.78, 5) is 11.9. The number of aryl methyl sites for hydroxylation is 1. The van der Waals surface area contributed by atoms with Crippen LogP contribution in [0.15, 0.2) is 33.4 Å². The second kappa shape index (κ2) is 6.06. The standard InChI is InChI=1S/C13H16BrN3O2/c1-9(7-17-8-11(14)5-16-17)13(18)15-6-12-4-3-10(2)19-12/h3-5,8-9H,6-7H2,1-2H3,(H,15,18)/t9-/m1/s1. The average molecular weight is 326 g/mol. The largest absolute Gasteiger partial charge is 0.465 e. The zero-order valence-electron chi connectivity index (χ0n) is 10.9. The molecule has 0 unspecified atom stereocenters. The van der Waals surface area contributed by atoms with Gasteiger partial charge in [0.25, 0.3) is 0 Å². The second-order valence-corrected chi connectivity index (χ2v) is 5.43. The minimum Gasteiger partial charge on any atom is -0.465 e. The van der Waals surface area contributed by atoms with E-state index in [2.05, 4.69) is 26.3 Å². The van der Waals surface area contributed by atoms with Crippen LogP contribution in [0.25, 0.3) is 0 Å². The summed E-state index contributed by atoms with van der Waals surface area (Å²) in [5.41, 5.74) is 0. The number of carbonyl (C=O) groups is 1. The maximum Gasteiger partial charge on any atom is 0.225 e. The van der Waals surface area contributed by atoms with Crippen molar-refractivity contribution in [2.45, 2.75) is 26.9 Å². The highest BCUT2D eigenvalue weighted by atomic mass is 79.9. The fraction of sp³-hybridized carbons (Fsp3) is 0.385. The molecule has 0 aromatic carbocycles. The summed E-state index contributed by atoms with van der Waals surface area (Å²) in [6.45, 7) is 4.72. The lowest BCUT2D eigenvalue weighted by molar-refractivity contribution is -0.125. The Hall–Kier alpha value is -1.56. The van der Waals surface area contributed by atoms with E-state index < -0.39 is 0 Å². The van der Waals surface area contributed by atoms with Crippen LogP contribution in [-0.4, -0.2) is 15.7 Å². The van der Waals surface area contributed by atoms with E-state index in [1.807, 2.05) is 32.2 Å². The number of aromatic nitrogens is 2. The molecule has 2 aromatic rings. The molecule has 2 heterocycles.